The SMILES string of the molecule is C=CC[C@@H](c1cc(F)cc(F)c1)N1CCNCC1.Cl. The average Bonchev–Trinajstić information content (AvgIpc) is 2.36. The van der Waals surface area contributed by atoms with Crippen molar-refractivity contribution in [3.63, 3.8) is 0 Å². The fourth-order valence-electron chi connectivity index (χ4n) is 2.42. The lowest BCUT2D eigenvalue weighted by Gasteiger charge is -2.34. The van der Waals surface area contributed by atoms with Crippen LogP contribution in [0, 0.1) is 11.6 Å². The van der Waals surface area contributed by atoms with E-state index in [1.807, 2.05) is 0 Å². The predicted molar refractivity (Wildman–Crippen MR) is 75.6 cm³/mol. The quantitative estimate of drug-likeness (QED) is 0.857. The molecule has 0 amide bonds. The molecule has 1 aromatic carbocycles. The molecule has 0 radical (unpaired) electrons. The molecule has 0 bridgehead atoms. The zero-order valence-electron chi connectivity index (χ0n) is 10.7. The molecule has 1 aromatic rings. The third-order valence-electron chi connectivity index (χ3n) is 3.25. The van der Waals surface area contributed by atoms with Crippen molar-refractivity contribution in [1.82, 2.24) is 10.2 Å². The lowest BCUT2D eigenvalue weighted by molar-refractivity contribution is 0.174. The lowest BCUT2D eigenvalue weighted by Crippen LogP contribution is -2.45. The van der Waals surface area contributed by atoms with E-state index in [1.54, 1.807) is 6.08 Å². The molecule has 1 aliphatic heterocycles. The summed E-state index contributed by atoms with van der Waals surface area (Å²) in [7, 11) is 0. The van der Waals surface area contributed by atoms with E-state index in [0.29, 0.717) is 12.0 Å². The molecule has 1 fully saturated rings. The first-order valence-corrected chi connectivity index (χ1v) is 6.22. The molecule has 0 saturated carbocycles. The summed E-state index contributed by atoms with van der Waals surface area (Å²) < 4.78 is 26.6. The summed E-state index contributed by atoms with van der Waals surface area (Å²) in [6.07, 6.45) is 2.50. The van der Waals surface area contributed by atoms with Gasteiger partial charge in [0.1, 0.15) is 11.6 Å². The van der Waals surface area contributed by atoms with Crippen LogP contribution >= 0.6 is 12.4 Å². The third kappa shape index (κ3) is 4.27. The number of hydrogen-bond donors (Lipinski definition) is 1. The molecule has 5 heteroatoms. The Kier molecular flexibility index (Phi) is 6.42. The van der Waals surface area contributed by atoms with Gasteiger partial charge in [-0.3, -0.25) is 4.90 Å². The van der Waals surface area contributed by atoms with E-state index in [2.05, 4.69) is 16.8 Å². The van der Waals surface area contributed by atoms with Gasteiger partial charge in [0, 0.05) is 38.3 Å². The smallest absolute Gasteiger partial charge is 0.126 e. The van der Waals surface area contributed by atoms with Crippen molar-refractivity contribution in [1.29, 1.82) is 0 Å². The van der Waals surface area contributed by atoms with Crippen molar-refractivity contribution in [2.45, 2.75) is 12.5 Å². The first kappa shape index (κ1) is 16.1. The average molecular weight is 289 g/mol. The summed E-state index contributed by atoms with van der Waals surface area (Å²) in [5.41, 5.74) is 0.689. The van der Waals surface area contributed by atoms with Crippen LogP contribution in [-0.4, -0.2) is 31.1 Å². The van der Waals surface area contributed by atoms with Crippen LogP contribution in [-0.2, 0) is 0 Å². The Labute approximate surface area is 118 Å². The van der Waals surface area contributed by atoms with Gasteiger partial charge in [0.15, 0.2) is 0 Å². The maximum absolute atomic E-state index is 13.3. The molecular formula is C14H19ClF2N2. The summed E-state index contributed by atoms with van der Waals surface area (Å²) in [5, 5.41) is 3.27. The Hall–Kier alpha value is -0.970. The lowest BCUT2D eigenvalue weighted by atomic mass is 10.0. The van der Waals surface area contributed by atoms with Gasteiger partial charge in [-0.05, 0) is 24.1 Å². The highest BCUT2D eigenvalue weighted by atomic mass is 35.5. The van der Waals surface area contributed by atoms with Crippen molar-refractivity contribution < 1.29 is 8.78 Å². The highest BCUT2D eigenvalue weighted by Crippen LogP contribution is 2.26. The van der Waals surface area contributed by atoms with Gasteiger partial charge in [0.05, 0.1) is 0 Å². The molecule has 1 N–H and O–H groups in total. The van der Waals surface area contributed by atoms with E-state index >= 15 is 0 Å². The van der Waals surface area contributed by atoms with Gasteiger partial charge in [-0.15, -0.1) is 19.0 Å². The molecule has 0 aliphatic carbocycles. The van der Waals surface area contributed by atoms with Gasteiger partial charge in [0.2, 0.25) is 0 Å². The van der Waals surface area contributed by atoms with Crippen molar-refractivity contribution in [2.24, 2.45) is 0 Å². The summed E-state index contributed by atoms with van der Waals surface area (Å²) >= 11 is 0. The minimum Gasteiger partial charge on any atom is -0.314 e. The largest absolute Gasteiger partial charge is 0.314 e. The number of hydrogen-bond acceptors (Lipinski definition) is 2. The zero-order chi connectivity index (χ0) is 13.0. The number of nitrogens with zero attached hydrogens (tertiary/aromatic N) is 1. The second kappa shape index (κ2) is 7.58. The highest BCUT2D eigenvalue weighted by molar-refractivity contribution is 5.85. The van der Waals surface area contributed by atoms with Gasteiger partial charge < -0.3 is 5.32 Å². The van der Waals surface area contributed by atoms with Crippen molar-refractivity contribution in [3.05, 3.63) is 48.1 Å². The van der Waals surface area contributed by atoms with Gasteiger partial charge >= 0.3 is 0 Å². The number of halogens is 3. The number of rotatable bonds is 4. The maximum atomic E-state index is 13.3. The summed E-state index contributed by atoms with van der Waals surface area (Å²) in [6, 6.07) is 3.75. The van der Waals surface area contributed by atoms with Crippen LogP contribution in [0.5, 0.6) is 0 Å². The monoisotopic (exact) mass is 288 g/mol. The van der Waals surface area contributed by atoms with E-state index in [4.69, 9.17) is 0 Å². The molecule has 2 rings (SSSR count). The van der Waals surface area contributed by atoms with Crippen LogP contribution in [0.15, 0.2) is 30.9 Å². The second-order valence-electron chi connectivity index (χ2n) is 4.53. The van der Waals surface area contributed by atoms with Crippen molar-refractivity contribution in [2.75, 3.05) is 26.2 Å². The predicted octanol–water partition coefficient (Wildman–Crippen LogP) is 2.91. The Morgan fingerprint density at radius 1 is 1.21 bits per heavy atom. The van der Waals surface area contributed by atoms with Crippen LogP contribution in [0.3, 0.4) is 0 Å². The van der Waals surface area contributed by atoms with E-state index in [1.165, 1.54) is 12.1 Å². The molecule has 0 aromatic heterocycles. The Morgan fingerprint density at radius 3 is 2.32 bits per heavy atom. The van der Waals surface area contributed by atoms with Gasteiger partial charge in [0.25, 0.3) is 0 Å². The van der Waals surface area contributed by atoms with Crippen LogP contribution in [0.1, 0.15) is 18.0 Å². The molecule has 2 nitrogen and oxygen atoms in total. The van der Waals surface area contributed by atoms with Gasteiger partial charge in [-0.25, -0.2) is 8.78 Å². The minimum atomic E-state index is -0.519. The maximum Gasteiger partial charge on any atom is 0.126 e. The van der Waals surface area contributed by atoms with Gasteiger partial charge in [-0.2, -0.15) is 0 Å². The van der Waals surface area contributed by atoms with Crippen LogP contribution < -0.4 is 5.32 Å². The van der Waals surface area contributed by atoms with E-state index in [0.717, 1.165) is 32.2 Å². The van der Waals surface area contributed by atoms with E-state index < -0.39 is 11.6 Å². The normalized spacial score (nSPS) is 17.6. The number of benzene rings is 1. The summed E-state index contributed by atoms with van der Waals surface area (Å²) in [4.78, 5) is 2.24. The van der Waals surface area contributed by atoms with E-state index in [9.17, 15) is 8.78 Å². The van der Waals surface area contributed by atoms with Gasteiger partial charge in [-0.1, -0.05) is 6.08 Å². The van der Waals surface area contributed by atoms with Crippen LogP contribution in [0.4, 0.5) is 8.78 Å². The zero-order valence-corrected chi connectivity index (χ0v) is 11.6. The van der Waals surface area contributed by atoms with Crippen LogP contribution in [0.2, 0.25) is 0 Å². The molecule has 1 saturated heterocycles. The molecule has 0 unspecified atom stereocenters. The molecule has 106 valence electrons. The Balaban J connectivity index is 0.00000180. The first-order valence-electron chi connectivity index (χ1n) is 6.22. The summed E-state index contributed by atoms with van der Waals surface area (Å²) in [5.74, 6) is -1.04. The molecule has 1 heterocycles. The third-order valence-corrected chi connectivity index (χ3v) is 3.25. The first-order chi connectivity index (χ1) is 8.70. The van der Waals surface area contributed by atoms with Crippen molar-refractivity contribution >= 4 is 12.4 Å². The summed E-state index contributed by atoms with van der Waals surface area (Å²) in [6.45, 7) is 7.32. The van der Waals surface area contributed by atoms with Crippen LogP contribution in [0.25, 0.3) is 0 Å². The molecule has 19 heavy (non-hydrogen) atoms. The fraction of sp³-hybridized carbons (Fsp3) is 0.429. The minimum absolute atomic E-state index is 0. The Bertz CT molecular complexity index is 400. The molecule has 1 atom stereocenters. The standard InChI is InChI=1S/C14H18F2N2.ClH/c1-2-3-14(18-6-4-17-5-7-18)11-8-12(15)10-13(16)9-11;/h2,8-10,14,17H,1,3-7H2;1H/t14-;/m0./s1. The highest BCUT2D eigenvalue weighted by Gasteiger charge is 2.21. The molecule has 0 spiro atoms. The van der Waals surface area contributed by atoms with E-state index in [-0.39, 0.29) is 18.4 Å². The van der Waals surface area contributed by atoms with Crippen molar-refractivity contribution in [3.8, 4) is 0 Å². The topological polar surface area (TPSA) is 15.3 Å². The fourth-order valence-corrected chi connectivity index (χ4v) is 2.42. The molecule has 1 aliphatic rings. The Morgan fingerprint density at radius 2 is 1.79 bits per heavy atom. The number of piperazine rings is 1. The second-order valence-corrected chi connectivity index (χ2v) is 4.53. The number of nitrogens with one attached hydrogen (secondary N) is 1. The molecular weight excluding hydrogens is 270 g/mol.